The third-order valence-electron chi connectivity index (χ3n) is 6.46. The second-order valence-corrected chi connectivity index (χ2v) is 9.31. The number of halogens is 7. The van der Waals surface area contributed by atoms with E-state index in [2.05, 4.69) is 20.6 Å². The van der Waals surface area contributed by atoms with Gasteiger partial charge in [-0.2, -0.15) is 26.3 Å². The maximum absolute atomic E-state index is 14.6. The van der Waals surface area contributed by atoms with Crippen molar-refractivity contribution in [3.05, 3.63) is 83.6 Å². The average Bonchev–Trinajstić information content (AvgIpc) is 2.94. The molecule has 0 aliphatic carbocycles. The van der Waals surface area contributed by atoms with Crippen LogP contribution in [0, 0.1) is 5.82 Å². The molecule has 0 saturated carbocycles. The third kappa shape index (κ3) is 6.66. The van der Waals surface area contributed by atoms with E-state index in [1.165, 1.54) is 29.6 Å². The lowest BCUT2D eigenvalue weighted by atomic mass is 9.91. The lowest BCUT2D eigenvalue weighted by Crippen LogP contribution is -2.54. The van der Waals surface area contributed by atoms with Gasteiger partial charge in [0.1, 0.15) is 24.5 Å². The summed E-state index contributed by atoms with van der Waals surface area (Å²) in [5.74, 6) is -2.03. The number of carbonyl (C=O) groups excluding carboxylic acids is 3. The summed E-state index contributed by atoms with van der Waals surface area (Å²) >= 11 is 0. The van der Waals surface area contributed by atoms with Crippen LogP contribution in [0.2, 0.25) is 0 Å². The summed E-state index contributed by atoms with van der Waals surface area (Å²) in [6, 6.07) is 6.69. The van der Waals surface area contributed by atoms with E-state index >= 15 is 0 Å². The molecule has 0 radical (unpaired) electrons. The van der Waals surface area contributed by atoms with Gasteiger partial charge in [0.25, 0.3) is 11.5 Å². The Bertz CT molecular complexity index is 1490. The van der Waals surface area contributed by atoms with Crippen LogP contribution >= 0.6 is 0 Å². The second kappa shape index (κ2) is 11.8. The lowest BCUT2D eigenvalue weighted by molar-refractivity contribution is -0.376. The number of benzene rings is 2. The smallest absolute Gasteiger partial charge is 0.369 e. The Kier molecular flexibility index (Phi) is 8.57. The summed E-state index contributed by atoms with van der Waals surface area (Å²) in [7, 11) is 0. The van der Waals surface area contributed by atoms with Crippen molar-refractivity contribution in [2.24, 2.45) is 0 Å². The minimum absolute atomic E-state index is 0.00643. The molecule has 17 heteroatoms. The van der Waals surface area contributed by atoms with Crippen LogP contribution in [-0.2, 0) is 16.9 Å². The van der Waals surface area contributed by atoms with Crippen LogP contribution in [0.3, 0.4) is 0 Å². The van der Waals surface area contributed by atoms with Crippen LogP contribution in [0.1, 0.15) is 21.5 Å². The molecule has 1 aromatic heterocycles. The van der Waals surface area contributed by atoms with Crippen molar-refractivity contribution < 1.29 is 50.2 Å². The molecule has 1 fully saturated rings. The standard InChI is InChI=1S/C26H21F7N6O4/c27-18-11-16(3-6-19(18)36-23(42)37-20-7-8-34-14-35-20)22(41)39-10-9-38(21(40)13-39)12-15-1-4-17(5-2-15)24(43,25(28,29)30)26(31,32)33/h1-8,11,14,43H,9-10,12-13H2,(H2,34,35,36,37,42). The number of hydrogen-bond acceptors (Lipinski definition) is 6. The van der Waals surface area contributed by atoms with Crippen molar-refractivity contribution in [2.75, 3.05) is 30.3 Å². The molecule has 4 amide bonds. The summed E-state index contributed by atoms with van der Waals surface area (Å²) < 4.78 is 93.2. The number of hydrogen-bond donors (Lipinski definition) is 3. The van der Waals surface area contributed by atoms with Crippen LogP contribution in [-0.4, -0.2) is 74.7 Å². The number of piperazine rings is 1. The first kappa shape index (κ1) is 31.1. The number of anilines is 2. The Morgan fingerprint density at radius 2 is 1.60 bits per heavy atom. The Morgan fingerprint density at radius 1 is 0.930 bits per heavy atom. The fraction of sp³-hybridized carbons (Fsp3) is 0.269. The zero-order chi connectivity index (χ0) is 31.6. The molecule has 3 N–H and O–H groups in total. The molecular formula is C26H21F7N6O4. The topological polar surface area (TPSA) is 128 Å². The van der Waals surface area contributed by atoms with Crippen molar-refractivity contribution in [1.29, 1.82) is 0 Å². The van der Waals surface area contributed by atoms with Crippen LogP contribution in [0.15, 0.2) is 61.1 Å². The van der Waals surface area contributed by atoms with Crippen LogP contribution in [0.25, 0.3) is 0 Å². The summed E-state index contributed by atoms with van der Waals surface area (Å²) in [4.78, 5) is 47.5. The molecular weight excluding hydrogens is 593 g/mol. The predicted octanol–water partition coefficient (Wildman–Crippen LogP) is 4.06. The highest BCUT2D eigenvalue weighted by atomic mass is 19.4. The van der Waals surface area contributed by atoms with E-state index in [1.807, 2.05) is 0 Å². The zero-order valence-corrected chi connectivity index (χ0v) is 21.7. The number of aromatic nitrogens is 2. The zero-order valence-electron chi connectivity index (χ0n) is 21.7. The Labute approximate surface area is 238 Å². The van der Waals surface area contributed by atoms with Crippen molar-refractivity contribution in [3.63, 3.8) is 0 Å². The van der Waals surface area contributed by atoms with Crippen molar-refractivity contribution >= 4 is 29.4 Å². The first-order valence-electron chi connectivity index (χ1n) is 12.3. The molecule has 0 unspecified atom stereocenters. The van der Waals surface area contributed by atoms with Gasteiger partial charge in [0.2, 0.25) is 5.91 Å². The maximum atomic E-state index is 14.6. The van der Waals surface area contributed by atoms with Crippen molar-refractivity contribution in [1.82, 2.24) is 19.8 Å². The van der Waals surface area contributed by atoms with Crippen LogP contribution in [0.5, 0.6) is 0 Å². The van der Waals surface area contributed by atoms with Gasteiger partial charge >= 0.3 is 18.4 Å². The monoisotopic (exact) mass is 614 g/mol. The van der Waals surface area contributed by atoms with Gasteiger partial charge in [0.15, 0.2) is 0 Å². The van der Waals surface area contributed by atoms with Crippen LogP contribution in [0.4, 0.5) is 47.0 Å². The largest absolute Gasteiger partial charge is 0.430 e. The van der Waals surface area contributed by atoms with E-state index in [-0.39, 0.29) is 42.3 Å². The molecule has 2 aromatic carbocycles. The molecule has 2 heterocycles. The molecule has 3 aromatic rings. The molecule has 1 saturated heterocycles. The molecule has 10 nitrogen and oxygen atoms in total. The van der Waals surface area contributed by atoms with Crippen LogP contribution < -0.4 is 10.6 Å². The first-order chi connectivity index (χ1) is 20.1. The van der Waals surface area contributed by atoms with Gasteiger partial charge in [-0.15, -0.1) is 0 Å². The second-order valence-electron chi connectivity index (χ2n) is 9.31. The summed E-state index contributed by atoms with van der Waals surface area (Å²) in [5, 5.41) is 14.1. The first-order valence-corrected chi connectivity index (χ1v) is 12.3. The number of rotatable bonds is 6. The average molecular weight is 614 g/mol. The summed E-state index contributed by atoms with van der Waals surface area (Å²) in [5.41, 5.74) is -6.68. The Morgan fingerprint density at radius 3 is 2.16 bits per heavy atom. The van der Waals surface area contributed by atoms with Crippen molar-refractivity contribution in [3.8, 4) is 0 Å². The maximum Gasteiger partial charge on any atom is 0.430 e. The number of nitrogens with one attached hydrogen (secondary N) is 2. The quantitative estimate of drug-likeness (QED) is 0.360. The van der Waals surface area contributed by atoms with E-state index in [0.717, 1.165) is 29.2 Å². The van der Waals surface area contributed by atoms with Gasteiger partial charge in [-0.05, 0) is 29.8 Å². The van der Waals surface area contributed by atoms with Gasteiger partial charge < -0.3 is 20.2 Å². The van der Waals surface area contributed by atoms with Gasteiger partial charge in [-0.3, -0.25) is 14.9 Å². The fourth-order valence-corrected chi connectivity index (χ4v) is 4.18. The highest BCUT2D eigenvalue weighted by molar-refractivity contribution is 6.00. The van der Waals surface area contributed by atoms with Gasteiger partial charge in [-0.25, -0.2) is 19.2 Å². The lowest BCUT2D eigenvalue weighted by Gasteiger charge is -2.35. The summed E-state index contributed by atoms with van der Waals surface area (Å²) in [6.07, 6.45) is -9.48. The third-order valence-corrected chi connectivity index (χ3v) is 6.46. The molecule has 43 heavy (non-hydrogen) atoms. The SMILES string of the molecule is O=C(Nc1ccncn1)Nc1ccc(C(=O)N2CCN(Cc3ccc(C(O)(C(F)(F)F)C(F)(F)F)cc3)C(=O)C2)cc1F. The number of nitrogens with zero attached hydrogens (tertiary/aromatic N) is 4. The number of amides is 4. The normalized spacial score (nSPS) is 14.5. The van der Waals surface area contributed by atoms with Crippen molar-refractivity contribution in [2.45, 2.75) is 24.5 Å². The number of urea groups is 1. The minimum atomic E-state index is -6.03. The molecule has 0 bridgehead atoms. The van der Waals surface area contributed by atoms with Gasteiger partial charge in [0.05, 0.1) is 5.69 Å². The summed E-state index contributed by atoms with van der Waals surface area (Å²) in [6.45, 7) is -0.661. The molecule has 1 aliphatic heterocycles. The molecule has 228 valence electrons. The van der Waals surface area contributed by atoms with Gasteiger partial charge in [-0.1, -0.05) is 24.3 Å². The van der Waals surface area contributed by atoms with E-state index in [0.29, 0.717) is 12.1 Å². The minimum Gasteiger partial charge on any atom is -0.369 e. The fourth-order valence-electron chi connectivity index (χ4n) is 4.18. The van der Waals surface area contributed by atoms with E-state index in [1.54, 1.807) is 0 Å². The number of alkyl halides is 6. The number of aliphatic hydroxyl groups is 1. The highest BCUT2D eigenvalue weighted by Gasteiger charge is 2.71. The Hall–Kier alpha value is -4.80. The molecule has 4 rings (SSSR count). The van der Waals surface area contributed by atoms with Gasteiger partial charge in [0, 0.05) is 37.0 Å². The molecule has 1 aliphatic rings. The van der Waals surface area contributed by atoms with E-state index in [4.69, 9.17) is 0 Å². The molecule has 0 atom stereocenters. The number of carbonyl (C=O) groups is 3. The molecule has 0 spiro atoms. The predicted molar refractivity (Wildman–Crippen MR) is 135 cm³/mol. The van der Waals surface area contributed by atoms with E-state index in [9.17, 15) is 50.2 Å². The van der Waals surface area contributed by atoms with E-state index < -0.39 is 53.7 Å². The Balaban J connectivity index is 1.36. The highest BCUT2D eigenvalue weighted by Crippen LogP contribution is 2.50.